The molecule has 2 N–H and O–H groups in total. The van der Waals surface area contributed by atoms with Gasteiger partial charge in [0.2, 0.25) is 0 Å². The SMILES string of the molecule is CC1CC1(CNC(=O)NCCCc1ccccc1)c1ccc(F)cc1F. The molecule has 0 aromatic heterocycles. The minimum absolute atomic E-state index is 0.251. The molecule has 0 bridgehead atoms. The van der Waals surface area contributed by atoms with Crippen LogP contribution in [0.25, 0.3) is 0 Å². The van der Waals surface area contributed by atoms with E-state index >= 15 is 0 Å². The molecule has 1 aliphatic rings. The zero-order valence-corrected chi connectivity index (χ0v) is 14.9. The fourth-order valence-electron chi connectivity index (χ4n) is 3.54. The first-order valence-electron chi connectivity index (χ1n) is 9.02. The van der Waals surface area contributed by atoms with Gasteiger partial charge in [-0.05, 0) is 42.4 Å². The first kappa shape index (κ1) is 18.4. The first-order chi connectivity index (χ1) is 12.5. The minimum Gasteiger partial charge on any atom is -0.338 e. The maximum absolute atomic E-state index is 14.1. The molecule has 138 valence electrons. The van der Waals surface area contributed by atoms with Gasteiger partial charge in [0.05, 0.1) is 0 Å². The van der Waals surface area contributed by atoms with Gasteiger partial charge in [-0.15, -0.1) is 0 Å². The van der Waals surface area contributed by atoms with Crippen LogP contribution in [0.2, 0.25) is 0 Å². The highest BCUT2D eigenvalue weighted by molar-refractivity contribution is 5.74. The molecule has 0 spiro atoms. The van der Waals surface area contributed by atoms with Gasteiger partial charge in [0.1, 0.15) is 11.6 Å². The van der Waals surface area contributed by atoms with Crippen LogP contribution in [0.1, 0.15) is 30.9 Å². The molecule has 3 rings (SSSR count). The second-order valence-corrected chi connectivity index (χ2v) is 7.08. The molecule has 2 aromatic carbocycles. The van der Waals surface area contributed by atoms with E-state index < -0.39 is 17.0 Å². The Bertz CT molecular complexity index is 766. The van der Waals surface area contributed by atoms with Crippen molar-refractivity contribution < 1.29 is 13.6 Å². The van der Waals surface area contributed by atoms with E-state index in [9.17, 15) is 13.6 Å². The molecular weight excluding hydrogens is 334 g/mol. The lowest BCUT2D eigenvalue weighted by Crippen LogP contribution is -2.41. The average Bonchev–Trinajstić information content (AvgIpc) is 3.28. The van der Waals surface area contributed by atoms with Gasteiger partial charge < -0.3 is 10.6 Å². The third kappa shape index (κ3) is 4.21. The van der Waals surface area contributed by atoms with E-state index in [4.69, 9.17) is 0 Å². The van der Waals surface area contributed by atoms with Gasteiger partial charge in [-0.25, -0.2) is 13.6 Å². The number of benzene rings is 2. The van der Waals surface area contributed by atoms with Crippen LogP contribution in [-0.4, -0.2) is 19.1 Å². The molecule has 26 heavy (non-hydrogen) atoms. The van der Waals surface area contributed by atoms with E-state index in [-0.39, 0.29) is 11.9 Å². The molecule has 0 aliphatic heterocycles. The van der Waals surface area contributed by atoms with E-state index in [2.05, 4.69) is 22.8 Å². The van der Waals surface area contributed by atoms with Crippen molar-refractivity contribution in [3.05, 3.63) is 71.3 Å². The van der Waals surface area contributed by atoms with Crippen molar-refractivity contribution in [1.82, 2.24) is 10.6 Å². The number of urea groups is 1. The smallest absolute Gasteiger partial charge is 0.314 e. The molecular formula is C21H24F2N2O. The van der Waals surface area contributed by atoms with E-state index in [0.29, 0.717) is 18.7 Å². The average molecular weight is 358 g/mol. The summed E-state index contributed by atoms with van der Waals surface area (Å²) in [5.41, 5.74) is 1.29. The lowest BCUT2D eigenvalue weighted by atomic mass is 9.93. The molecule has 0 radical (unpaired) electrons. The number of hydrogen-bond acceptors (Lipinski definition) is 1. The van der Waals surface area contributed by atoms with Gasteiger partial charge in [0.15, 0.2) is 0 Å². The summed E-state index contributed by atoms with van der Waals surface area (Å²) in [7, 11) is 0. The number of aryl methyl sites for hydroxylation is 1. The zero-order chi connectivity index (χ0) is 18.6. The summed E-state index contributed by atoms with van der Waals surface area (Å²) in [4.78, 5) is 12.0. The maximum atomic E-state index is 14.1. The minimum atomic E-state index is -0.584. The number of carbonyl (C=O) groups is 1. The lowest BCUT2D eigenvalue weighted by Gasteiger charge is -2.19. The molecule has 2 atom stereocenters. The molecule has 1 saturated carbocycles. The Morgan fingerprint density at radius 2 is 1.88 bits per heavy atom. The Kier molecular flexibility index (Phi) is 5.55. The monoisotopic (exact) mass is 358 g/mol. The molecule has 1 fully saturated rings. The van der Waals surface area contributed by atoms with Crippen molar-refractivity contribution in [2.24, 2.45) is 5.92 Å². The fourth-order valence-corrected chi connectivity index (χ4v) is 3.54. The standard InChI is InChI=1S/C21H24F2N2O/c1-15-13-21(15,18-10-9-17(22)12-19(18)23)14-25-20(26)24-11-5-8-16-6-3-2-4-7-16/h2-4,6-7,9-10,12,15H,5,8,11,13-14H2,1H3,(H2,24,25,26). The normalized spacial score (nSPS) is 21.3. The second kappa shape index (κ2) is 7.85. The molecule has 2 unspecified atom stereocenters. The van der Waals surface area contributed by atoms with Crippen molar-refractivity contribution in [2.45, 2.75) is 31.6 Å². The number of hydrogen-bond donors (Lipinski definition) is 2. The molecule has 5 heteroatoms. The quantitative estimate of drug-likeness (QED) is 0.717. The molecule has 0 heterocycles. The van der Waals surface area contributed by atoms with Crippen molar-refractivity contribution in [1.29, 1.82) is 0 Å². The van der Waals surface area contributed by atoms with Gasteiger partial charge in [-0.2, -0.15) is 0 Å². The van der Waals surface area contributed by atoms with Gasteiger partial charge in [0.25, 0.3) is 0 Å². The van der Waals surface area contributed by atoms with E-state index in [0.717, 1.165) is 25.3 Å². The third-order valence-corrected chi connectivity index (χ3v) is 5.26. The summed E-state index contributed by atoms with van der Waals surface area (Å²) < 4.78 is 27.3. The summed E-state index contributed by atoms with van der Waals surface area (Å²) in [5.74, 6) is -0.876. The maximum Gasteiger partial charge on any atom is 0.314 e. The van der Waals surface area contributed by atoms with E-state index in [1.54, 1.807) is 0 Å². The first-order valence-corrected chi connectivity index (χ1v) is 9.02. The summed E-state index contributed by atoms with van der Waals surface area (Å²) in [5, 5.41) is 5.68. The molecule has 2 aromatic rings. The van der Waals surface area contributed by atoms with Crippen molar-refractivity contribution in [3.63, 3.8) is 0 Å². The van der Waals surface area contributed by atoms with Crippen LogP contribution in [0.4, 0.5) is 13.6 Å². The van der Waals surface area contributed by atoms with Crippen LogP contribution in [-0.2, 0) is 11.8 Å². The Balaban J connectivity index is 1.46. The predicted molar refractivity (Wildman–Crippen MR) is 98.0 cm³/mol. The topological polar surface area (TPSA) is 41.1 Å². The van der Waals surface area contributed by atoms with Gasteiger partial charge in [0, 0.05) is 24.6 Å². The van der Waals surface area contributed by atoms with Gasteiger partial charge >= 0.3 is 6.03 Å². The number of halogens is 2. The highest BCUT2D eigenvalue weighted by Gasteiger charge is 2.53. The highest BCUT2D eigenvalue weighted by atomic mass is 19.1. The predicted octanol–water partition coefficient (Wildman–Crippen LogP) is 4.17. The van der Waals surface area contributed by atoms with E-state index in [1.807, 2.05) is 25.1 Å². The lowest BCUT2D eigenvalue weighted by molar-refractivity contribution is 0.239. The van der Waals surface area contributed by atoms with Crippen molar-refractivity contribution in [3.8, 4) is 0 Å². The van der Waals surface area contributed by atoms with Crippen molar-refractivity contribution in [2.75, 3.05) is 13.1 Å². The van der Waals surface area contributed by atoms with Crippen LogP contribution in [0.5, 0.6) is 0 Å². The Labute approximate surface area is 152 Å². The third-order valence-electron chi connectivity index (χ3n) is 5.26. The number of nitrogens with one attached hydrogen (secondary N) is 2. The number of carbonyl (C=O) groups excluding carboxylic acids is 1. The molecule has 0 saturated heterocycles. The largest absolute Gasteiger partial charge is 0.338 e. The number of amides is 2. The van der Waals surface area contributed by atoms with Gasteiger partial charge in [-0.1, -0.05) is 43.3 Å². The Hall–Kier alpha value is -2.43. The van der Waals surface area contributed by atoms with E-state index in [1.165, 1.54) is 17.7 Å². The summed E-state index contributed by atoms with van der Waals surface area (Å²) in [6.45, 7) is 2.94. The molecule has 3 nitrogen and oxygen atoms in total. The van der Waals surface area contributed by atoms with Crippen LogP contribution in [0.15, 0.2) is 48.5 Å². The van der Waals surface area contributed by atoms with Crippen LogP contribution >= 0.6 is 0 Å². The second-order valence-electron chi connectivity index (χ2n) is 7.08. The Morgan fingerprint density at radius 1 is 1.15 bits per heavy atom. The van der Waals surface area contributed by atoms with Gasteiger partial charge in [-0.3, -0.25) is 0 Å². The number of rotatable bonds is 7. The zero-order valence-electron chi connectivity index (χ0n) is 14.9. The summed E-state index contributed by atoms with van der Waals surface area (Å²) in [6.07, 6.45) is 2.54. The van der Waals surface area contributed by atoms with Crippen LogP contribution in [0, 0.1) is 17.6 Å². The fraction of sp³-hybridized carbons (Fsp3) is 0.381. The Morgan fingerprint density at radius 3 is 2.54 bits per heavy atom. The van der Waals surface area contributed by atoms with Crippen LogP contribution in [0.3, 0.4) is 0 Å². The summed E-state index contributed by atoms with van der Waals surface area (Å²) in [6, 6.07) is 13.5. The molecule has 2 amide bonds. The molecule has 1 aliphatic carbocycles. The van der Waals surface area contributed by atoms with Crippen LogP contribution < -0.4 is 10.6 Å². The highest BCUT2D eigenvalue weighted by Crippen LogP contribution is 2.54. The summed E-state index contributed by atoms with van der Waals surface area (Å²) >= 11 is 0. The van der Waals surface area contributed by atoms with Crippen molar-refractivity contribution >= 4 is 6.03 Å².